The van der Waals surface area contributed by atoms with E-state index in [9.17, 15) is 4.79 Å². The van der Waals surface area contributed by atoms with Crippen molar-refractivity contribution < 1.29 is 14.3 Å². The maximum Gasteiger partial charge on any atom is 0.233 e. The van der Waals surface area contributed by atoms with E-state index < -0.39 is 0 Å². The summed E-state index contributed by atoms with van der Waals surface area (Å²) in [5, 5.41) is 0. The number of amides is 1. The zero-order valence-electron chi connectivity index (χ0n) is 13.1. The van der Waals surface area contributed by atoms with Gasteiger partial charge in [-0.05, 0) is 49.8 Å². The normalized spacial score (nSPS) is 29.0. The Bertz CT molecular complexity index is 581. The van der Waals surface area contributed by atoms with Gasteiger partial charge in [-0.25, -0.2) is 0 Å². The minimum Gasteiger partial charge on any atom is -0.497 e. The molecule has 22 heavy (non-hydrogen) atoms. The topological polar surface area (TPSA) is 38.8 Å². The Morgan fingerprint density at radius 1 is 1.36 bits per heavy atom. The minimum absolute atomic E-state index is 0.263. The number of ether oxygens (including phenoxy) is 2. The summed E-state index contributed by atoms with van der Waals surface area (Å²) in [5.74, 6) is 1.14. The first-order valence-corrected chi connectivity index (χ1v) is 8.32. The van der Waals surface area contributed by atoms with Crippen molar-refractivity contribution in [3.05, 3.63) is 29.8 Å². The summed E-state index contributed by atoms with van der Waals surface area (Å²) in [6, 6.07) is 8.31. The van der Waals surface area contributed by atoms with Gasteiger partial charge in [0.15, 0.2) is 0 Å². The van der Waals surface area contributed by atoms with E-state index in [0.717, 1.165) is 56.6 Å². The van der Waals surface area contributed by atoms with Crippen molar-refractivity contribution in [2.24, 2.45) is 0 Å². The molecule has 1 saturated carbocycles. The molecule has 4 nitrogen and oxygen atoms in total. The first-order chi connectivity index (χ1) is 10.7. The third-order valence-corrected chi connectivity index (χ3v) is 5.51. The Balaban J connectivity index is 1.61. The largest absolute Gasteiger partial charge is 0.497 e. The lowest BCUT2D eigenvalue weighted by Crippen LogP contribution is -2.52. The molecule has 1 aromatic rings. The molecule has 2 atom stereocenters. The highest BCUT2D eigenvalue weighted by Gasteiger charge is 2.55. The van der Waals surface area contributed by atoms with Gasteiger partial charge in [-0.2, -0.15) is 0 Å². The Morgan fingerprint density at radius 3 is 3.00 bits per heavy atom. The fourth-order valence-electron chi connectivity index (χ4n) is 4.10. The van der Waals surface area contributed by atoms with E-state index in [2.05, 4.69) is 11.0 Å². The molecule has 1 aliphatic carbocycles. The molecule has 0 unspecified atom stereocenters. The Labute approximate surface area is 131 Å². The molecule has 0 N–H and O–H groups in total. The zero-order chi connectivity index (χ0) is 15.2. The van der Waals surface area contributed by atoms with Gasteiger partial charge in [0, 0.05) is 13.2 Å². The number of likely N-dealkylation sites (tertiary alicyclic amines) is 1. The number of hydrogen-bond acceptors (Lipinski definition) is 3. The van der Waals surface area contributed by atoms with Gasteiger partial charge in [0.05, 0.1) is 24.7 Å². The van der Waals surface area contributed by atoms with Gasteiger partial charge in [0.1, 0.15) is 5.75 Å². The van der Waals surface area contributed by atoms with Crippen LogP contribution in [0.5, 0.6) is 5.75 Å². The van der Waals surface area contributed by atoms with Crippen molar-refractivity contribution in [3.8, 4) is 5.75 Å². The third-order valence-electron chi connectivity index (χ3n) is 5.51. The van der Waals surface area contributed by atoms with Crippen molar-refractivity contribution in [2.75, 3.05) is 20.3 Å². The summed E-state index contributed by atoms with van der Waals surface area (Å²) in [5.41, 5.74) is 0.803. The second-order valence-corrected chi connectivity index (χ2v) is 6.72. The molecule has 3 fully saturated rings. The number of methoxy groups -OCH3 is 1. The van der Waals surface area contributed by atoms with Gasteiger partial charge in [0.2, 0.25) is 5.91 Å². The lowest BCUT2D eigenvalue weighted by atomic mass is 9.90. The van der Waals surface area contributed by atoms with Gasteiger partial charge in [-0.3, -0.25) is 4.79 Å². The van der Waals surface area contributed by atoms with Crippen molar-refractivity contribution in [1.29, 1.82) is 0 Å². The van der Waals surface area contributed by atoms with E-state index in [-0.39, 0.29) is 11.5 Å². The maximum atomic E-state index is 13.3. The van der Waals surface area contributed by atoms with Crippen molar-refractivity contribution in [2.45, 2.75) is 49.7 Å². The van der Waals surface area contributed by atoms with Crippen LogP contribution in [0, 0.1) is 0 Å². The number of carbonyl (C=O) groups excluding carboxylic acids is 1. The van der Waals surface area contributed by atoms with Crippen LogP contribution in [-0.2, 0) is 14.9 Å². The fraction of sp³-hybridized carbons (Fsp3) is 0.611. The van der Waals surface area contributed by atoms with Crippen molar-refractivity contribution in [3.63, 3.8) is 0 Å². The van der Waals surface area contributed by atoms with Crippen LogP contribution in [0.1, 0.15) is 37.7 Å². The average molecular weight is 301 g/mol. The van der Waals surface area contributed by atoms with Crippen LogP contribution < -0.4 is 4.74 Å². The second kappa shape index (κ2) is 5.27. The standard InChI is InChI=1S/C18H23NO3/c1-21-14-5-2-4-13(12-14)18(8-9-18)17(20)19-10-3-6-16-15(19)7-11-22-16/h2,4-5,12,15-16H,3,6-11H2,1H3/t15-,16-/m1/s1. The van der Waals surface area contributed by atoms with Crippen LogP contribution in [0.3, 0.4) is 0 Å². The molecular weight excluding hydrogens is 278 g/mol. The van der Waals surface area contributed by atoms with Crippen LogP contribution in [0.25, 0.3) is 0 Å². The Kier molecular flexibility index (Phi) is 3.37. The van der Waals surface area contributed by atoms with Gasteiger partial charge in [-0.15, -0.1) is 0 Å². The lowest BCUT2D eigenvalue weighted by molar-refractivity contribution is -0.139. The molecule has 0 radical (unpaired) electrons. The fourth-order valence-corrected chi connectivity index (χ4v) is 4.10. The molecule has 3 aliphatic rings. The van der Waals surface area contributed by atoms with E-state index in [1.165, 1.54) is 0 Å². The van der Waals surface area contributed by atoms with Crippen LogP contribution in [0.2, 0.25) is 0 Å². The maximum absolute atomic E-state index is 13.3. The molecule has 0 bridgehead atoms. The first-order valence-electron chi connectivity index (χ1n) is 8.32. The number of fused-ring (bicyclic) bond motifs is 1. The predicted molar refractivity (Wildman–Crippen MR) is 83.0 cm³/mol. The van der Waals surface area contributed by atoms with Crippen molar-refractivity contribution in [1.82, 2.24) is 4.90 Å². The predicted octanol–water partition coefficient (Wildman–Crippen LogP) is 2.51. The number of rotatable bonds is 3. The van der Waals surface area contributed by atoms with E-state index in [4.69, 9.17) is 9.47 Å². The molecule has 0 aromatic heterocycles. The van der Waals surface area contributed by atoms with E-state index >= 15 is 0 Å². The number of benzene rings is 1. The van der Waals surface area contributed by atoms with Crippen LogP contribution in [-0.4, -0.2) is 43.2 Å². The molecule has 2 saturated heterocycles. The summed E-state index contributed by atoms with van der Waals surface area (Å²) in [4.78, 5) is 15.4. The Morgan fingerprint density at radius 2 is 2.23 bits per heavy atom. The van der Waals surface area contributed by atoms with E-state index in [1.54, 1.807) is 7.11 Å². The quantitative estimate of drug-likeness (QED) is 0.861. The van der Waals surface area contributed by atoms with Crippen molar-refractivity contribution >= 4 is 5.91 Å². The average Bonchev–Trinajstić information content (AvgIpc) is 3.24. The summed E-state index contributed by atoms with van der Waals surface area (Å²) < 4.78 is 11.1. The summed E-state index contributed by atoms with van der Waals surface area (Å²) in [6.45, 7) is 1.68. The number of nitrogens with zero attached hydrogens (tertiary/aromatic N) is 1. The number of carbonyl (C=O) groups is 1. The molecule has 4 rings (SSSR count). The highest BCUT2D eigenvalue weighted by molar-refractivity contribution is 5.91. The highest BCUT2D eigenvalue weighted by Crippen LogP contribution is 2.51. The van der Waals surface area contributed by atoms with Gasteiger partial charge < -0.3 is 14.4 Å². The molecule has 1 amide bonds. The monoisotopic (exact) mass is 301 g/mol. The van der Waals surface area contributed by atoms with Gasteiger partial charge in [-0.1, -0.05) is 12.1 Å². The molecule has 2 aliphatic heterocycles. The number of hydrogen-bond donors (Lipinski definition) is 0. The summed E-state index contributed by atoms with van der Waals surface area (Å²) in [6.07, 6.45) is 5.31. The van der Waals surface area contributed by atoms with Crippen LogP contribution in [0.15, 0.2) is 24.3 Å². The molecular formula is C18H23NO3. The second-order valence-electron chi connectivity index (χ2n) is 6.72. The smallest absolute Gasteiger partial charge is 0.233 e. The van der Waals surface area contributed by atoms with E-state index in [0.29, 0.717) is 11.9 Å². The van der Waals surface area contributed by atoms with Crippen LogP contribution >= 0.6 is 0 Å². The first kappa shape index (κ1) is 14.1. The van der Waals surface area contributed by atoms with Gasteiger partial charge >= 0.3 is 0 Å². The number of piperidine rings is 1. The zero-order valence-corrected chi connectivity index (χ0v) is 13.1. The third kappa shape index (κ3) is 2.12. The highest BCUT2D eigenvalue weighted by atomic mass is 16.5. The molecule has 0 spiro atoms. The molecule has 1 aromatic carbocycles. The SMILES string of the molecule is COc1cccc(C2(C(=O)N3CCC[C@H]4OCC[C@H]43)CC2)c1. The summed E-state index contributed by atoms with van der Waals surface area (Å²) in [7, 11) is 1.67. The lowest BCUT2D eigenvalue weighted by Gasteiger charge is -2.39. The minimum atomic E-state index is -0.307. The summed E-state index contributed by atoms with van der Waals surface area (Å²) >= 11 is 0. The van der Waals surface area contributed by atoms with Crippen LogP contribution in [0.4, 0.5) is 0 Å². The Hall–Kier alpha value is -1.55. The van der Waals surface area contributed by atoms with Gasteiger partial charge in [0.25, 0.3) is 0 Å². The molecule has 118 valence electrons. The molecule has 2 heterocycles. The van der Waals surface area contributed by atoms with E-state index in [1.807, 2.05) is 18.2 Å². The molecule has 4 heteroatoms.